The van der Waals surface area contributed by atoms with Gasteiger partial charge in [0.05, 0.1) is 11.6 Å². The largest absolute Gasteiger partial charge is 0.452 e. The molecule has 1 atom stereocenters. The molecule has 2 rings (SSSR count). The molecule has 1 heterocycles. The summed E-state index contributed by atoms with van der Waals surface area (Å²) >= 11 is 3.38. The molecule has 0 spiro atoms. The fourth-order valence-electron chi connectivity index (χ4n) is 2.05. The number of pyridine rings is 1. The molecule has 0 saturated carbocycles. The molecule has 0 unspecified atom stereocenters. The standard InChI is InChI=1S/C17H17BrN2O3/c1-2-15(12-3-5-14(18)6-4-12)20-16(21)11-23-17(22)13-7-9-19-10-8-13/h3-10,15H,2,11H2,1H3,(H,20,21)/t15-/m1/s1. The van der Waals surface area contributed by atoms with Crippen molar-refractivity contribution in [2.24, 2.45) is 0 Å². The molecule has 0 aliphatic rings. The summed E-state index contributed by atoms with van der Waals surface area (Å²) in [6, 6.07) is 10.7. The van der Waals surface area contributed by atoms with Gasteiger partial charge < -0.3 is 10.1 Å². The first-order valence-corrected chi connectivity index (χ1v) is 8.01. The molecule has 0 aliphatic carbocycles. The Bertz CT molecular complexity index is 659. The molecule has 1 N–H and O–H groups in total. The molecule has 1 aromatic heterocycles. The maximum atomic E-state index is 12.0. The Labute approximate surface area is 143 Å². The molecule has 2 aromatic rings. The lowest BCUT2D eigenvalue weighted by Crippen LogP contribution is -2.32. The number of nitrogens with one attached hydrogen (secondary N) is 1. The van der Waals surface area contributed by atoms with Crippen molar-refractivity contribution in [1.82, 2.24) is 10.3 Å². The van der Waals surface area contributed by atoms with Crippen LogP contribution >= 0.6 is 15.9 Å². The summed E-state index contributed by atoms with van der Waals surface area (Å²) in [5.74, 6) is -0.874. The summed E-state index contributed by atoms with van der Waals surface area (Å²) in [7, 11) is 0. The van der Waals surface area contributed by atoms with E-state index in [9.17, 15) is 9.59 Å². The van der Waals surface area contributed by atoms with E-state index in [1.165, 1.54) is 24.5 Å². The second-order valence-electron chi connectivity index (χ2n) is 4.89. The molecular formula is C17H17BrN2O3. The Balaban J connectivity index is 1.88. The summed E-state index contributed by atoms with van der Waals surface area (Å²) in [5, 5.41) is 2.87. The van der Waals surface area contributed by atoms with Gasteiger partial charge in [-0.3, -0.25) is 9.78 Å². The van der Waals surface area contributed by atoms with Crippen LogP contribution < -0.4 is 5.32 Å². The van der Waals surface area contributed by atoms with Crippen molar-refractivity contribution in [3.8, 4) is 0 Å². The number of hydrogen-bond donors (Lipinski definition) is 1. The minimum absolute atomic E-state index is 0.116. The molecule has 23 heavy (non-hydrogen) atoms. The lowest BCUT2D eigenvalue weighted by Gasteiger charge is -2.17. The second kappa shape index (κ2) is 8.43. The fourth-order valence-corrected chi connectivity index (χ4v) is 2.32. The summed E-state index contributed by atoms with van der Waals surface area (Å²) in [5.41, 5.74) is 1.37. The molecule has 0 aliphatic heterocycles. The predicted octanol–water partition coefficient (Wildman–Crippen LogP) is 3.27. The Morgan fingerprint density at radius 3 is 2.43 bits per heavy atom. The quantitative estimate of drug-likeness (QED) is 0.785. The van der Waals surface area contributed by atoms with Crippen molar-refractivity contribution in [1.29, 1.82) is 0 Å². The summed E-state index contributed by atoms with van der Waals surface area (Å²) in [6.45, 7) is 1.67. The topological polar surface area (TPSA) is 68.3 Å². The Kier molecular flexibility index (Phi) is 6.29. The van der Waals surface area contributed by atoms with Crippen molar-refractivity contribution in [3.63, 3.8) is 0 Å². The van der Waals surface area contributed by atoms with Crippen LogP contribution in [0.4, 0.5) is 0 Å². The normalized spacial score (nSPS) is 11.6. The van der Waals surface area contributed by atoms with E-state index in [4.69, 9.17) is 4.74 Å². The molecule has 120 valence electrons. The number of carbonyl (C=O) groups excluding carboxylic acids is 2. The van der Waals surface area contributed by atoms with Crippen LogP contribution in [0.1, 0.15) is 35.3 Å². The molecule has 0 bridgehead atoms. The van der Waals surface area contributed by atoms with Crippen LogP contribution in [-0.4, -0.2) is 23.5 Å². The van der Waals surface area contributed by atoms with Gasteiger partial charge in [0.1, 0.15) is 0 Å². The zero-order valence-corrected chi connectivity index (χ0v) is 14.2. The maximum Gasteiger partial charge on any atom is 0.338 e. The number of benzene rings is 1. The van der Waals surface area contributed by atoms with Crippen molar-refractivity contribution in [2.45, 2.75) is 19.4 Å². The van der Waals surface area contributed by atoms with Gasteiger partial charge in [-0.15, -0.1) is 0 Å². The highest BCUT2D eigenvalue weighted by molar-refractivity contribution is 9.10. The second-order valence-corrected chi connectivity index (χ2v) is 5.81. The van der Waals surface area contributed by atoms with Crippen LogP contribution in [0.25, 0.3) is 0 Å². The molecule has 1 amide bonds. The van der Waals surface area contributed by atoms with E-state index in [-0.39, 0.29) is 18.6 Å². The van der Waals surface area contributed by atoms with Gasteiger partial charge in [-0.05, 0) is 36.2 Å². The van der Waals surface area contributed by atoms with Gasteiger partial charge in [-0.25, -0.2) is 4.79 Å². The first-order chi connectivity index (χ1) is 11.1. The van der Waals surface area contributed by atoms with E-state index >= 15 is 0 Å². The average molecular weight is 377 g/mol. The first kappa shape index (κ1) is 17.1. The van der Waals surface area contributed by atoms with Gasteiger partial charge in [0, 0.05) is 16.9 Å². The third-order valence-corrected chi connectivity index (χ3v) is 3.79. The van der Waals surface area contributed by atoms with Crippen molar-refractivity contribution in [3.05, 3.63) is 64.4 Å². The zero-order valence-electron chi connectivity index (χ0n) is 12.7. The Morgan fingerprint density at radius 2 is 1.83 bits per heavy atom. The van der Waals surface area contributed by atoms with Gasteiger partial charge >= 0.3 is 5.97 Å². The number of hydrogen-bond acceptors (Lipinski definition) is 4. The molecular weight excluding hydrogens is 360 g/mol. The number of nitrogens with zero attached hydrogens (tertiary/aromatic N) is 1. The van der Waals surface area contributed by atoms with Gasteiger partial charge in [0.25, 0.3) is 5.91 Å². The third-order valence-electron chi connectivity index (χ3n) is 3.27. The Morgan fingerprint density at radius 1 is 1.17 bits per heavy atom. The van der Waals surface area contributed by atoms with Crippen LogP contribution in [0.5, 0.6) is 0 Å². The number of amides is 1. The highest BCUT2D eigenvalue weighted by Gasteiger charge is 2.15. The third kappa shape index (κ3) is 5.17. The van der Waals surface area contributed by atoms with Crippen LogP contribution in [0.2, 0.25) is 0 Å². The number of halogens is 1. The molecule has 5 nitrogen and oxygen atoms in total. The van der Waals surface area contributed by atoms with Gasteiger partial charge in [0.15, 0.2) is 6.61 Å². The molecule has 0 radical (unpaired) electrons. The predicted molar refractivity (Wildman–Crippen MR) is 89.8 cm³/mol. The highest BCUT2D eigenvalue weighted by Crippen LogP contribution is 2.19. The van der Waals surface area contributed by atoms with Crippen molar-refractivity contribution in [2.75, 3.05) is 6.61 Å². The van der Waals surface area contributed by atoms with Crippen LogP contribution in [0.3, 0.4) is 0 Å². The summed E-state index contributed by atoms with van der Waals surface area (Å²) in [4.78, 5) is 27.6. The zero-order chi connectivity index (χ0) is 16.7. The van der Waals surface area contributed by atoms with Gasteiger partial charge in [-0.2, -0.15) is 0 Å². The summed E-state index contributed by atoms with van der Waals surface area (Å²) < 4.78 is 5.98. The number of esters is 1. The smallest absolute Gasteiger partial charge is 0.338 e. The maximum absolute atomic E-state index is 12.0. The van der Waals surface area contributed by atoms with Crippen LogP contribution in [0.15, 0.2) is 53.3 Å². The number of ether oxygens (including phenoxy) is 1. The molecule has 0 fully saturated rings. The van der Waals surface area contributed by atoms with E-state index in [2.05, 4.69) is 26.2 Å². The lowest BCUT2D eigenvalue weighted by molar-refractivity contribution is -0.125. The lowest BCUT2D eigenvalue weighted by atomic mass is 10.0. The van der Waals surface area contributed by atoms with Gasteiger partial charge in [-0.1, -0.05) is 35.0 Å². The number of carbonyl (C=O) groups is 2. The summed E-state index contributed by atoms with van der Waals surface area (Å²) in [6.07, 6.45) is 3.74. The number of aromatic nitrogens is 1. The van der Waals surface area contributed by atoms with E-state index in [0.717, 1.165) is 16.5 Å². The molecule has 0 saturated heterocycles. The van der Waals surface area contributed by atoms with Crippen LogP contribution in [0, 0.1) is 0 Å². The minimum Gasteiger partial charge on any atom is -0.452 e. The minimum atomic E-state index is -0.542. The van der Waals surface area contributed by atoms with E-state index in [0.29, 0.717) is 5.56 Å². The monoisotopic (exact) mass is 376 g/mol. The SMILES string of the molecule is CC[C@@H](NC(=O)COC(=O)c1ccncc1)c1ccc(Br)cc1. The molecule has 1 aromatic carbocycles. The van der Waals surface area contributed by atoms with E-state index in [1.54, 1.807) is 0 Å². The van der Waals surface area contributed by atoms with E-state index in [1.807, 2.05) is 31.2 Å². The first-order valence-electron chi connectivity index (χ1n) is 7.22. The van der Waals surface area contributed by atoms with E-state index < -0.39 is 5.97 Å². The fraction of sp³-hybridized carbons (Fsp3) is 0.235. The Hall–Kier alpha value is -2.21. The van der Waals surface area contributed by atoms with Crippen molar-refractivity contribution < 1.29 is 14.3 Å². The highest BCUT2D eigenvalue weighted by atomic mass is 79.9. The average Bonchev–Trinajstić information content (AvgIpc) is 2.59. The molecule has 6 heteroatoms. The van der Waals surface area contributed by atoms with Gasteiger partial charge in [0.2, 0.25) is 0 Å². The van der Waals surface area contributed by atoms with Crippen LogP contribution in [-0.2, 0) is 9.53 Å². The number of rotatable bonds is 6. The van der Waals surface area contributed by atoms with Crippen molar-refractivity contribution >= 4 is 27.8 Å².